The van der Waals surface area contributed by atoms with E-state index in [2.05, 4.69) is 30.5 Å². The highest BCUT2D eigenvalue weighted by Crippen LogP contribution is 2.27. The molecule has 1 amide bonds. The molecular weight excluding hydrogens is 533 g/mol. The third kappa shape index (κ3) is 4.47. The van der Waals surface area contributed by atoms with Crippen LogP contribution in [0, 0.1) is 6.92 Å². The summed E-state index contributed by atoms with van der Waals surface area (Å²) in [6, 6.07) is 3.48. The minimum absolute atomic E-state index is 0.00193. The number of halogens is 2. The van der Waals surface area contributed by atoms with E-state index in [0.29, 0.717) is 78.3 Å². The molecule has 0 atom stereocenters. The molecule has 1 saturated heterocycles. The van der Waals surface area contributed by atoms with Crippen molar-refractivity contribution in [2.75, 3.05) is 36.4 Å². The van der Waals surface area contributed by atoms with E-state index in [-0.39, 0.29) is 11.8 Å². The van der Waals surface area contributed by atoms with Crippen LogP contribution in [0.1, 0.15) is 29.3 Å². The van der Waals surface area contributed by atoms with Gasteiger partial charge in [-0.3, -0.25) is 4.79 Å². The molecule has 2 N–H and O–H groups in total. The van der Waals surface area contributed by atoms with Crippen molar-refractivity contribution in [2.24, 2.45) is 0 Å². The van der Waals surface area contributed by atoms with Crippen molar-refractivity contribution >= 4 is 63.1 Å². The average Bonchev–Trinajstić information content (AvgIpc) is 3.65. The summed E-state index contributed by atoms with van der Waals surface area (Å²) < 4.78 is 7.26. The van der Waals surface area contributed by atoms with Crippen LogP contribution in [-0.2, 0) is 13.1 Å². The molecular formula is C23H23Cl2N11O2. The summed E-state index contributed by atoms with van der Waals surface area (Å²) in [6.45, 7) is 6.82. The molecule has 1 aliphatic rings. The van der Waals surface area contributed by atoms with Crippen molar-refractivity contribution in [2.45, 2.75) is 26.9 Å². The van der Waals surface area contributed by atoms with Crippen LogP contribution in [0.15, 0.2) is 22.9 Å². The van der Waals surface area contributed by atoms with Crippen LogP contribution < -0.4 is 10.2 Å². The summed E-state index contributed by atoms with van der Waals surface area (Å²) >= 11 is 12.3. The molecule has 0 radical (unpaired) electrons. The van der Waals surface area contributed by atoms with E-state index in [1.165, 1.54) is 0 Å². The smallest absolute Gasteiger partial charge is 0.311 e. The van der Waals surface area contributed by atoms with E-state index >= 15 is 0 Å². The number of imidazole rings is 2. The Morgan fingerprint density at radius 2 is 1.89 bits per heavy atom. The zero-order valence-electron chi connectivity index (χ0n) is 20.6. The number of piperazine rings is 1. The molecule has 5 aromatic rings. The Kier molecular flexibility index (Phi) is 6.24. The number of carbonyl (C=O) groups excluding carboxylic acids is 1. The standard InChI is InChI=1S/C23H23Cl2N11O2/c1-3-34-11-27-18-19(26-10-17-28-15-8-13(24)14(25)9-16(15)29-17)30-23(31-20(18)34)36-6-4-35(5-7-36)22(37)21-33-32-12(2)38-21/h8-9,11H,3-7,10H2,1-2H3,(H,28,29)(H,26,30,31). The molecule has 6 rings (SSSR count). The van der Waals surface area contributed by atoms with E-state index in [4.69, 9.17) is 37.6 Å². The molecule has 5 heterocycles. The van der Waals surface area contributed by atoms with E-state index in [1.54, 1.807) is 30.3 Å². The van der Waals surface area contributed by atoms with Gasteiger partial charge in [0, 0.05) is 39.6 Å². The molecule has 0 saturated carbocycles. The highest BCUT2D eigenvalue weighted by Gasteiger charge is 2.27. The molecule has 1 aromatic carbocycles. The SMILES string of the molecule is CCn1cnc2c(NCc3nc4cc(Cl)c(Cl)cc4[nH]3)nc(N3CCN(C(=O)c4nnc(C)o4)CC3)nc21. The number of benzene rings is 1. The fourth-order valence-electron chi connectivity index (χ4n) is 4.37. The molecule has 196 valence electrons. The van der Waals surface area contributed by atoms with Gasteiger partial charge in [0.15, 0.2) is 17.0 Å². The molecule has 0 spiro atoms. The zero-order chi connectivity index (χ0) is 26.4. The Labute approximate surface area is 226 Å². The van der Waals surface area contributed by atoms with Gasteiger partial charge in [-0.1, -0.05) is 23.2 Å². The Bertz CT molecular complexity index is 1610. The largest absolute Gasteiger partial charge is 0.417 e. The van der Waals surface area contributed by atoms with Crippen molar-refractivity contribution in [3.8, 4) is 0 Å². The van der Waals surface area contributed by atoms with E-state index < -0.39 is 0 Å². The van der Waals surface area contributed by atoms with Gasteiger partial charge in [-0.25, -0.2) is 9.97 Å². The van der Waals surface area contributed by atoms with Crippen molar-refractivity contribution in [1.29, 1.82) is 0 Å². The number of hydrogen-bond donors (Lipinski definition) is 2. The molecule has 0 unspecified atom stereocenters. The van der Waals surface area contributed by atoms with Gasteiger partial charge in [-0.2, -0.15) is 9.97 Å². The molecule has 13 nitrogen and oxygen atoms in total. The normalized spacial score (nSPS) is 14.1. The maximum absolute atomic E-state index is 12.7. The molecule has 0 bridgehead atoms. The van der Waals surface area contributed by atoms with E-state index in [0.717, 1.165) is 16.7 Å². The summed E-state index contributed by atoms with van der Waals surface area (Å²) in [5, 5.41) is 11.9. The van der Waals surface area contributed by atoms with Crippen LogP contribution in [0.25, 0.3) is 22.2 Å². The lowest BCUT2D eigenvalue weighted by Crippen LogP contribution is -2.49. The predicted octanol–water partition coefficient (Wildman–Crippen LogP) is 3.30. The first-order chi connectivity index (χ1) is 18.4. The monoisotopic (exact) mass is 555 g/mol. The van der Waals surface area contributed by atoms with Gasteiger partial charge in [0.05, 0.1) is 34.0 Å². The summed E-state index contributed by atoms with van der Waals surface area (Å²) in [5.41, 5.74) is 2.91. The minimum Gasteiger partial charge on any atom is -0.417 e. The van der Waals surface area contributed by atoms with Crippen molar-refractivity contribution in [1.82, 2.24) is 44.6 Å². The van der Waals surface area contributed by atoms with E-state index in [9.17, 15) is 4.79 Å². The van der Waals surface area contributed by atoms with Gasteiger partial charge in [0.1, 0.15) is 5.82 Å². The number of H-pyrrole nitrogens is 1. The summed E-state index contributed by atoms with van der Waals surface area (Å²) in [6.07, 6.45) is 1.75. The zero-order valence-corrected chi connectivity index (χ0v) is 22.1. The third-order valence-electron chi connectivity index (χ3n) is 6.35. The topological polar surface area (TPSA) is 147 Å². The number of nitrogens with zero attached hydrogens (tertiary/aromatic N) is 9. The second-order valence-corrected chi connectivity index (χ2v) is 9.62. The maximum atomic E-state index is 12.7. The van der Waals surface area contributed by atoms with Crippen molar-refractivity contribution < 1.29 is 9.21 Å². The number of aromatic amines is 1. The lowest BCUT2D eigenvalue weighted by molar-refractivity contribution is 0.0704. The fourth-order valence-corrected chi connectivity index (χ4v) is 4.69. The Hall–Kier alpha value is -3.97. The van der Waals surface area contributed by atoms with Crippen LogP contribution >= 0.6 is 23.2 Å². The number of carbonyl (C=O) groups is 1. The fraction of sp³-hybridized carbons (Fsp3) is 0.348. The van der Waals surface area contributed by atoms with Gasteiger partial charge in [0.2, 0.25) is 11.8 Å². The third-order valence-corrected chi connectivity index (χ3v) is 7.07. The Balaban J connectivity index is 1.23. The number of fused-ring (bicyclic) bond motifs is 2. The number of rotatable bonds is 6. The van der Waals surface area contributed by atoms with Gasteiger partial charge in [-0.15, -0.1) is 10.2 Å². The van der Waals surface area contributed by atoms with Crippen LogP contribution in [0.4, 0.5) is 11.8 Å². The number of amides is 1. The van der Waals surface area contributed by atoms with Gasteiger partial charge >= 0.3 is 11.8 Å². The second-order valence-electron chi connectivity index (χ2n) is 8.80. The molecule has 1 aliphatic heterocycles. The summed E-state index contributed by atoms with van der Waals surface area (Å²) in [7, 11) is 0. The number of anilines is 2. The van der Waals surface area contributed by atoms with Gasteiger partial charge in [0.25, 0.3) is 0 Å². The van der Waals surface area contributed by atoms with Crippen molar-refractivity contribution in [3.05, 3.63) is 46.1 Å². The summed E-state index contributed by atoms with van der Waals surface area (Å²) in [5.74, 6) is 1.93. The van der Waals surface area contributed by atoms with Crippen molar-refractivity contribution in [3.63, 3.8) is 0 Å². The van der Waals surface area contributed by atoms with Crippen LogP contribution in [0.5, 0.6) is 0 Å². The molecule has 38 heavy (non-hydrogen) atoms. The van der Waals surface area contributed by atoms with Gasteiger partial charge in [-0.05, 0) is 19.1 Å². The van der Waals surface area contributed by atoms with E-state index in [1.807, 2.05) is 16.4 Å². The summed E-state index contributed by atoms with van der Waals surface area (Å²) in [4.78, 5) is 38.4. The molecule has 1 fully saturated rings. The Morgan fingerprint density at radius 3 is 2.63 bits per heavy atom. The first kappa shape index (κ1) is 24.4. The lowest BCUT2D eigenvalue weighted by atomic mass is 10.3. The number of nitrogens with one attached hydrogen (secondary N) is 2. The van der Waals surface area contributed by atoms with Crippen LogP contribution in [0.2, 0.25) is 10.0 Å². The quantitative estimate of drug-likeness (QED) is 0.319. The predicted molar refractivity (Wildman–Crippen MR) is 142 cm³/mol. The Morgan fingerprint density at radius 1 is 1.11 bits per heavy atom. The first-order valence-electron chi connectivity index (χ1n) is 12.0. The van der Waals surface area contributed by atoms with Crippen LogP contribution in [0.3, 0.4) is 0 Å². The van der Waals surface area contributed by atoms with Crippen LogP contribution in [-0.4, -0.2) is 76.7 Å². The lowest BCUT2D eigenvalue weighted by Gasteiger charge is -2.34. The maximum Gasteiger partial charge on any atom is 0.311 e. The second kappa shape index (κ2) is 9.72. The first-order valence-corrected chi connectivity index (χ1v) is 12.8. The number of hydrogen-bond acceptors (Lipinski definition) is 10. The molecule has 0 aliphatic carbocycles. The molecule has 15 heteroatoms. The molecule has 4 aromatic heterocycles. The number of aromatic nitrogens is 8. The highest BCUT2D eigenvalue weighted by molar-refractivity contribution is 6.42. The number of aryl methyl sites for hydroxylation is 2. The highest BCUT2D eigenvalue weighted by atomic mass is 35.5. The minimum atomic E-state index is -0.276. The van der Waals surface area contributed by atoms with Gasteiger partial charge < -0.3 is 29.1 Å². The average molecular weight is 556 g/mol.